The van der Waals surface area contributed by atoms with Crippen molar-refractivity contribution in [3.8, 4) is 0 Å². The van der Waals surface area contributed by atoms with Crippen LogP contribution in [0.2, 0.25) is 5.02 Å². The Morgan fingerprint density at radius 3 is 2.62 bits per heavy atom. The molecular weight excluding hydrogens is 218 g/mol. The predicted octanol–water partition coefficient (Wildman–Crippen LogP) is 3.83. The molecule has 2 heteroatoms. The van der Waals surface area contributed by atoms with Crippen LogP contribution in [-0.4, -0.2) is 13.1 Å². The monoisotopic (exact) mass is 237 g/mol. The third kappa shape index (κ3) is 5.34. The number of halogens is 1. The molecule has 0 aliphatic carbocycles. The summed E-state index contributed by atoms with van der Waals surface area (Å²) in [6.45, 7) is 6.42. The molecule has 0 amide bonds. The van der Waals surface area contributed by atoms with Crippen LogP contribution >= 0.6 is 11.6 Å². The zero-order chi connectivity index (χ0) is 11.8. The molecule has 0 aliphatic heterocycles. The first-order valence-corrected chi connectivity index (χ1v) is 6.21. The van der Waals surface area contributed by atoms with Gasteiger partial charge in [0.1, 0.15) is 0 Å². The summed E-state index contributed by atoms with van der Waals surface area (Å²) in [5.41, 5.74) is 2.74. The highest BCUT2D eigenvalue weighted by Crippen LogP contribution is 2.13. The van der Waals surface area contributed by atoms with Crippen molar-refractivity contribution in [2.45, 2.75) is 26.7 Å². The zero-order valence-electron chi connectivity index (χ0n) is 10.1. The largest absolute Gasteiger partial charge is 0.317 e. The van der Waals surface area contributed by atoms with Crippen molar-refractivity contribution in [3.63, 3.8) is 0 Å². The maximum Gasteiger partial charge on any atom is 0.0406 e. The second-order valence-corrected chi connectivity index (χ2v) is 4.43. The molecule has 0 heterocycles. The van der Waals surface area contributed by atoms with Crippen LogP contribution in [0.3, 0.4) is 0 Å². The van der Waals surface area contributed by atoms with Gasteiger partial charge in [-0.05, 0) is 50.6 Å². The van der Waals surface area contributed by atoms with Crippen molar-refractivity contribution >= 4 is 11.6 Å². The predicted molar refractivity (Wildman–Crippen MR) is 72.1 cm³/mol. The summed E-state index contributed by atoms with van der Waals surface area (Å²) < 4.78 is 0. The van der Waals surface area contributed by atoms with E-state index in [-0.39, 0.29) is 0 Å². The quantitative estimate of drug-likeness (QED) is 0.586. The third-order valence-corrected chi connectivity index (χ3v) is 2.71. The molecular formula is C14H20ClN. The number of hydrogen-bond acceptors (Lipinski definition) is 1. The summed E-state index contributed by atoms with van der Waals surface area (Å²) in [5, 5.41) is 4.12. The molecule has 1 aromatic carbocycles. The van der Waals surface area contributed by atoms with Gasteiger partial charge in [0.2, 0.25) is 0 Å². The second-order valence-electron chi connectivity index (χ2n) is 4.00. The first-order valence-electron chi connectivity index (χ1n) is 5.83. The van der Waals surface area contributed by atoms with Crippen LogP contribution in [0.1, 0.15) is 25.8 Å². The molecule has 0 unspecified atom stereocenters. The minimum absolute atomic E-state index is 0.803. The van der Waals surface area contributed by atoms with Gasteiger partial charge in [0, 0.05) is 5.02 Å². The fourth-order valence-electron chi connectivity index (χ4n) is 1.59. The molecule has 0 saturated carbocycles. The first-order chi connectivity index (χ1) is 7.72. The Bertz CT molecular complexity index is 327. The van der Waals surface area contributed by atoms with Crippen LogP contribution in [0.5, 0.6) is 0 Å². The van der Waals surface area contributed by atoms with Crippen molar-refractivity contribution in [1.29, 1.82) is 0 Å². The molecule has 1 N–H and O–H groups in total. The van der Waals surface area contributed by atoms with Crippen LogP contribution in [0.25, 0.3) is 0 Å². The molecule has 0 aromatic heterocycles. The molecule has 0 radical (unpaired) electrons. The zero-order valence-corrected chi connectivity index (χ0v) is 10.8. The summed E-state index contributed by atoms with van der Waals surface area (Å²) in [4.78, 5) is 0. The van der Waals surface area contributed by atoms with Gasteiger partial charge in [0.15, 0.2) is 0 Å². The van der Waals surface area contributed by atoms with Gasteiger partial charge >= 0.3 is 0 Å². The average Bonchev–Trinajstić information content (AvgIpc) is 2.28. The highest BCUT2D eigenvalue weighted by molar-refractivity contribution is 6.30. The van der Waals surface area contributed by atoms with E-state index in [1.54, 1.807) is 0 Å². The molecule has 0 aliphatic rings. The number of allylic oxidation sites excluding steroid dienone is 1. The van der Waals surface area contributed by atoms with E-state index in [0.29, 0.717) is 0 Å². The van der Waals surface area contributed by atoms with Crippen LogP contribution in [0.15, 0.2) is 35.9 Å². The maximum absolute atomic E-state index is 5.84. The van der Waals surface area contributed by atoms with Gasteiger partial charge < -0.3 is 5.32 Å². The number of benzene rings is 1. The van der Waals surface area contributed by atoms with E-state index >= 15 is 0 Å². The lowest BCUT2D eigenvalue weighted by atomic mass is 10.1. The summed E-state index contributed by atoms with van der Waals surface area (Å²) in [7, 11) is 0. The average molecular weight is 238 g/mol. The lowest BCUT2D eigenvalue weighted by Gasteiger charge is -2.03. The van der Waals surface area contributed by atoms with Gasteiger partial charge in [-0.2, -0.15) is 0 Å². The Hall–Kier alpha value is -0.790. The molecule has 0 saturated heterocycles. The Labute approximate surface area is 104 Å². The molecule has 1 aromatic rings. The van der Waals surface area contributed by atoms with Crippen LogP contribution in [-0.2, 0) is 6.42 Å². The van der Waals surface area contributed by atoms with Crippen molar-refractivity contribution in [2.75, 3.05) is 13.1 Å². The van der Waals surface area contributed by atoms with E-state index in [1.807, 2.05) is 12.1 Å². The van der Waals surface area contributed by atoms with Gasteiger partial charge in [0.25, 0.3) is 0 Å². The van der Waals surface area contributed by atoms with Crippen LogP contribution in [0, 0.1) is 0 Å². The highest BCUT2D eigenvalue weighted by Gasteiger charge is 1.94. The smallest absolute Gasteiger partial charge is 0.0406 e. The van der Waals surface area contributed by atoms with E-state index in [9.17, 15) is 0 Å². The van der Waals surface area contributed by atoms with Gasteiger partial charge in [0.05, 0.1) is 0 Å². The maximum atomic E-state index is 5.84. The standard InChI is InChI=1S/C14H20ClN/c1-3-16-10-4-5-12(2)11-13-6-8-14(15)9-7-13/h5-9,16H,3-4,10-11H2,1-2H3. The second kappa shape index (κ2) is 7.48. The SMILES string of the molecule is CCNCCC=C(C)Cc1ccc(Cl)cc1. The van der Waals surface area contributed by atoms with E-state index in [0.717, 1.165) is 31.0 Å². The molecule has 0 atom stereocenters. The van der Waals surface area contributed by atoms with Crippen molar-refractivity contribution in [2.24, 2.45) is 0 Å². The minimum atomic E-state index is 0.803. The summed E-state index contributed by atoms with van der Waals surface area (Å²) in [6, 6.07) is 8.07. The van der Waals surface area contributed by atoms with Crippen molar-refractivity contribution < 1.29 is 0 Å². The molecule has 0 bridgehead atoms. The number of rotatable bonds is 6. The number of nitrogens with one attached hydrogen (secondary N) is 1. The highest BCUT2D eigenvalue weighted by atomic mass is 35.5. The summed E-state index contributed by atoms with van der Waals surface area (Å²) in [6.07, 6.45) is 4.42. The Balaban J connectivity index is 2.38. The van der Waals surface area contributed by atoms with Crippen molar-refractivity contribution in [1.82, 2.24) is 5.32 Å². The molecule has 88 valence electrons. The fourth-order valence-corrected chi connectivity index (χ4v) is 1.72. The fraction of sp³-hybridized carbons (Fsp3) is 0.429. The van der Waals surface area contributed by atoms with E-state index in [2.05, 4.69) is 37.4 Å². The van der Waals surface area contributed by atoms with Gasteiger partial charge in [-0.25, -0.2) is 0 Å². The summed E-state index contributed by atoms with van der Waals surface area (Å²) >= 11 is 5.84. The van der Waals surface area contributed by atoms with Crippen molar-refractivity contribution in [3.05, 3.63) is 46.5 Å². The molecule has 1 nitrogen and oxygen atoms in total. The summed E-state index contributed by atoms with van der Waals surface area (Å²) in [5.74, 6) is 0. The molecule has 0 fully saturated rings. The molecule has 1 rings (SSSR count). The van der Waals surface area contributed by atoms with E-state index in [4.69, 9.17) is 11.6 Å². The lowest BCUT2D eigenvalue weighted by Crippen LogP contribution is -2.13. The van der Waals surface area contributed by atoms with Gasteiger partial charge in [-0.1, -0.05) is 42.3 Å². The van der Waals surface area contributed by atoms with E-state index in [1.165, 1.54) is 11.1 Å². The lowest BCUT2D eigenvalue weighted by molar-refractivity contribution is 0.724. The number of hydrogen-bond donors (Lipinski definition) is 1. The third-order valence-electron chi connectivity index (χ3n) is 2.46. The van der Waals surface area contributed by atoms with E-state index < -0.39 is 0 Å². The van der Waals surface area contributed by atoms with Gasteiger partial charge in [-0.3, -0.25) is 0 Å². The molecule has 16 heavy (non-hydrogen) atoms. The normalized spacial score (nSPS) is 11.8. The van der Waals surface area contributed by atoms with Crippen LogP contribution in [0.4, 0.5) is 0 Å². The molecule has 0 spiro atoms. The topological polar surface area (TPSA) is 12.0 Å². The van der Waals surface area contributed by atoms with Crippen LogP contribution < -0.4 is 5.32 Å². The first kappa shape index (κ1) is 13.3. The minimum Gasteiger partial charge on any atom is -0.317 e. The Kier molecular flexibility index (Phi) is 6.20. The Morgan fingerprint density at radius 2 is 2.00 bits per heavy atom. The Morgan fingerprint density at radius 1 is 1.31 bits per heavy atom. The van der Waals surface area contributed by atoms with Gasteiger partial charge in [-0.15, -0.1) is 0 Å².